The minimum atomic E-state index is -4.35. The number of hydrogen-bond acceptors (Lipinski definition) is 4. The fraction of sp³-hybridized carbons (Fsp3) is 0.263. The Bertz CT molecular complexity index is 866. The van der Waals surface area contributed by atoms with E-state index < -0.39 is 5.51 Å². The molecule has 1 atom stereocenters. The largest absolute Gasteiger partial charge is 0.446 e. The number of carbonyl (C=O) groups is 2. The van der Waals surface area contributed by atoms with Crippen molar-refractivity contribution in [3.63, 3.8) is 0 Å². The van der Waals surface area contributed by atoms with Crippen LogP contribution in [0.5, 0.6) is 0 Å². The van der Waals surface area contributed by atoms with Crippen molar-refractivity contribution in [3.05, 3.63) is 59.2 Å². The minimum Gasteiger partial charge on any atom is -0.375 e. The Balaban J connectivity index is 1.58. The molecule has 1 amide bonds. The van der Waals surface area contributed by atoms with E-state index in [0.717, 1.165) is 16.8 Å². The van der Waals surface area contributed by atoms with Crippen molar-refractivity contribution in [1.29, 1.82) is 0 Å². The third-order valence-electron chi connectivity index (χ3n) is 4.22. The standard InChI is InChI=1S/C19H17F3N2O2S/c1-11(25)17-9-14-8-12(2-7-16(14)24-17)10-23-18(26)13-3-5-15(6-4-13)27-19(20,21)22/h2-8,17,24H,9-10H2,1H3,(H,23,26). The highest BCUT2D eigenvalue weighted by molar-refractivity contribution is 8.00. The molecule has 0 aliphatic carbocycles. The Morgan fingerprint density at radius 3 is 2.52 bits per heavy atom. The number of rotatable bonds is 5. The van der Waals surface area contributed by atoms with Crippen molar-refractivity contribution in [2.75, 3.05) is 5.32 Å². The fourth-order valence-corrected chi connectivity index (χ4v) is 3.40. The van der Waals surface area contributed by atoms with Gasteiger partial charge in [-0.1, -0.05) is 12.1 Å². The van der Waals surface area contributed by atoms with E-state index in [1.54, 1.807) is 6.92 Å². The first-order chi connectivity index (χ1) is 12.7. The zero-order chi connectivity index (χ0) is 19.6. The van der Waals surface area contributed by atoms with Gasteiger partial charge in [-0.05, 0) is 60.1 Å². The summed E-state index contributed by atoms with van der Waals surface area (Å²) in [5.41, 5.74) is -1.23. The quantitative estimate of drug-likeness (QED) is 0.748. The van der Waals surface area contributed by atoms with Gasteiger partial charge in [0, 0.05) is 29.1 Å². The number of Topliss-reactive ketones (excluding diaryl/α,β-unsaturated/α-hetero) is 1. The maximum absolute atomic E-state index is 12.3. The second kappa shape index (κ2) is 7.64. The lowest BCUT2D eigenvalue weighted by atomic mass is 10.0. The van der Waals surface area contributed by atoms with Crippen molar-refractivity contribution in [1.82, 2.24) is 5.32 Å². The molecular formula is C19H17F3N2O2S. The number of hydrogen-bond donors (Lipinski definition) is 2. The van der Waals surface area contributed by atoms with Crippen LogP contribution in [0, 0.1) is 0 Å². The summed E-state index contributed by atoms with van der Waals surface area (Å²) in [4.78, 5) is 23.7. The van der Waals surface area contributed by atoms with Crippen molar-refractivity contribution in [2.45, 2.75) is 36.3 Å². The zero-order valence-corrected chi connectivity index (χ0v) is 15.2. The number of carbonyl (C=O) groups excluding carboxylic acids is 2. The molecule has 0 spiro atoms. The highest BCUT2D eigenvalue weighted by Gasteiger charge is 2.29. The van der Waals surface area contributed by atoms with Crippen LogP contribution >= 0.6 is 11.8 Å². The van der Waals surface area contributed by atoms with Gasteiger partial charge >= 0.3 is 5.51 Å². The van der Waals surface area contributed by atoms with Crippen LogP contribution < -0.4 is 10.6 Å². The van der Waals surface area contributed by atoms with Crippen LogP contribution in [-0.2, 0) is 17.8 Å². The Hall–Kier alpha value is -2.48. The first-order valence-corrected chi connectivity index (χ1v) is 9.06. The molecule has 27 heavy (non-hydrogen) atoms. The van der Waals surface area contributed by atoms with Gasteiger partial charge in [0.1, 0.15) is 0 Å². The number of thioether (sulfide) groups is 1. The molecule has 3 rings (SSSR count). The first kappa shape index (κ1) is 19.3. The van der Waals surface area contributed by atoms with Crippen LogP contribution in [0.2, 0.25) is 0 Å². The molecule has 0 aromatic heterocycles. The predicted octanol–water partition coefficient (Wildman–Crippen LogP) is 4.15. The van der Waals surface area contributed by atoms with Crippen LogP contribution in [-0.4, -0.2) is 23.2 Å². The van der Waals surface area contributed by atoms with Crippen LogP contribution in [0.15, 0.2) is 47.4 Å². The Morgan fingerprint density at radius 1 is 1.19 bits per heavy atom. The van der Waals surface area contributed by atoms with E-state index in [9.17, 15) is 22.8 Å². The second-order valence-electron chi connectivity index (χ2n) is 6.26. The lowest BCUT2D eigenvalue weighted by Gasteiger charge is -2.09. The average Bonchev–Trinajstić information content (AvgIpc) is 3.02. The van der Waals surface area contributed by atoms with Gasteiger partial charge in [0.25, 0.3) is 5.91 Å². The van der Waals surface area contributed by atoms with Crippen molar-refractivity contribution in [2.24, 2.45) is 0 Å². The smallest absolute Gasteiger partial charge is 0.375 e. The SMILES string of the molecule is CC(=O)C1Cc2cc(CNC(=O)c3ccc(SC(F)(F)F)cc3)ccc2N1. The molecule has 0 fully saturated rings. The van der Waals surface area contributed by atoms with Crippen molar-refractivity contribution < 1.29 is 22.8 Å². The molecular weight excluding hydrogens is 377 g/mol. The minimum absolute atomic E-state index is 0.0326. The third kappa shape index (κ3) is 5.03. The van der Waals surface area contributed by atoms with Crippen LogP contribution in [0.1, 0.15) is 28.4 Å². The summed E-state index contributed by atoms with van der Waals surface area (Å²) in [6.07, 6.45) is 0.616. The summed E-state index contributed by atoms with van der Waals surface area (Å²) >= 11 is -0.217. The van der Waals surface area contributed by atoms with E-state index in [1.807, 2.05) is 18.2 Å². The average molecular weight is 394 g/mol. The molecule has 2 aromatic rings. The van der Waals surface area contributed by atoms with E-state index in [4.69, 9.17) is 0 Å². The molecule has 2 aromatic carbocycles. The Kier molecular flexibility index (Phi) is 5.46. The summed E-state index contributed by atoms with van der Waals surface area (Å²) in [7, 11) is 0. The van der Waals surface area contributed by atoms with Crippen molar-refractivity contribution in [3.8, 4) is 0 Å². The lowest BCUT2D eigenvalue weighted by molar-refractivity contribution is -0.117. The van der Waals surface area contributed by atoms with Gasteiger partial charge in [-0.2, -0.15) is 13.2 Å². The Labute approximate surface area is 158 Å². The number of fused-ring (bicyclic) bond motifs is 1. The molecule has 1 unspecified atom stereocenters. The molecule has 0 saturated carbocycles. The zero-order valence-electron chi connectivity index (χ0n) is 14.4. The van der Waals surface area contributed by atoms with Crippen molar-refractivity contribution >= 4 is 29.1 Å². The van der Waals surface area contributed by atoms with Gasteiger partial charge in [0.05, 0.1) is 6.04 Å². The summed E-state index contributed by atoms with van der Waals surface area (Å²) in [6, 6.07) is 10.8. The van der Waals surface area contributed by atoms with E-state index in [1.165, 1.54) is 24.3 Å². The molecule has 0 saturated heterocycles. The molecule has 4 nitrogen and oxygen atoms in total. The second-order valence-corrected chi connectivity index (χ2v) is 7.40. The molecule has 1 aliphatic heterocycles. The highest BCUT2D eigenvalue weighted by Crippen LogP contribution is 2.36. The monoisotopic (exact) mass is 394 g/mol. The van der Waals surface area contributed by atoms with Gasteiger partial charge in [-0.3, -0.25) is 9.59 Å². The maximum Gasteiger partial charge on any atom is 0.446 e. The molecule has 0 radical (unpaired) electrons. The Morgan fingerprint density at radius 2 is 1.89 bits per heavy atom. The van der Waals surface area contributed by atoms with Crippen LogP contribution in [0.3, 0.4) is 0 Å². The summed E-state index contributed by atoms with van der Waals surface area (Å²) in [6.45, 7) is 1.83. The summed E-state index contributed by atoms with van der Waals surface area (Å²) < 4.78 is 37.0. The van der Waals surface area contributed by atoms with Gasteiger partial charge in [0.2, 0.25) is 0 Å². The van der Waals surface area contributed by atoms with Gasteiger partial charge in [-0.25, -0.2) is 0 Å². The molecule has 1 heterocycles. The van der Waals surface area contributed by atoms with E-state index >= 15 is 0 Å². The molecule has 1 aliphatic rings. The summed E-state index contributed by atoms with van der Waals surface area (Å²) in [5.74, 6) is -0.285. The lowest BCUT2D eigenvalue weighted by Crippen LogP contribution is -2.23. The van der Waals surface area contributed by atoms with Gasteiger partial charge in [0.15, 0.2) is 5.78 Å². The first-order valence-electron chi connectivity index (χ1n) is 8.24. The number of nitrogens with one attached hydrogen (secondary N) is 2. The van der Waals surface area contributed by atoms with E-state index in [-0.39, 0.29) is 40.9 Å². The molecule has 142 valence electrons. The number of anilines is 1. The highest BCUT2D eigenvalue weighted by atomic mass is 32.2. The third-order valence-corrected chi connectivity index (χ3v) is 4.96. The van der Waals surface area contributed by atoms with Gasteiger partial charge < -0.3 is 10.6 Å². The number of alkyl halides is 3. The van der Waals surface area contributed by atoms with Crippen LogP contribution in [0.25, 0.3) is 0 Å². The number of halogens is 3. The summed E-state index contributed by atoms with van der Waals surface area (Å²) in [5, 5.41) is 5.91. The topological polar surface area (TPSA) is 58.2 Å². The van der Waals surface area contributed by atoms with E-state index in [2.05, 4.69) is 10.6 Å². The molecule has 2 N–H and O–H groups in total. The number of benzene rings is 2. The molecule has 8 heteroatoms. The maximum atomic E-state index is 12.3. The normalized spacial score (nSPS) is 15.8. The fourth-order valence-electron chi connectivity index (χ4n) is 2.86. The number of ketones is 1. The van der Waals surface area contributed by atoms with E-state index in [0.29, 0.717) is 12.0 Å². The molecule has 0 bridgehead atoms. The predicted molar refractivity (Wildman–Crippen MR) is 97.8 cm³/mol. The van der Waals surface area contributed by atoms with Gasteiger partial charge in [-0.15, -0.1) is 0 Å². The number of amides is 1. The van der Waals surface area contributed by atoms with Crippen LogP contribution in [0.4, 0.5) is 18.9 Å².